The largest absolute Gasteiger partial charge is 0.303 e. The highest BCUT2D eigenvalue weighted by atomic mass is 19.1. The summed E-state index contributed by atoms with van der Waals surface area (Å²) in [4.78, 5) is 31.4. The third-order valence-corrected chi connectivity index (χ3v) is 3.64. The van der Waals surface area contributed by atoms with Gasteiger partial charge in [-0.3, -0.25) is 20.2 Å². The maximum atomic E-state index is 13.4. The number of carbonyl (C=O) groups is 1. The first-order chi connectivity index (χ1) is 11.4. The van der Waals surface area contributed by atoms with Gasteiger partial charge in [0.25, 0.3) is 11.4 Å². The van der Waals surface area contributed by atoms with E-state index in [0.717, 1.165) is 6.07 Å². The summed E-state index contributed by atoms with van der Waals surface area (Å²) in [6.45, 7) is 0. The highest BCUT2D eigenvalue weighted by Crippen LogP contribution is 2.31. The molecule has 7 nitrogen and oxygen atoms in total. The summed E-state index contributed by atoms with van der Waals surface area (Å²) in [6, 6.07) is 9.01. The normalized spacial score (nSPS) is 11.7. The van der Waals surface area contributed by atoms with Crippen LogP contribution in [0.2, 0.25) is 0 Å². The number of aldehydes is 1. The van der Waals surface area contributed by atoms with Crippen molar-refractivity contribution in [2.75, 3.05) is 0 Å². The van der Waals surface area contributed by atoms with Crippen molar-refractivity contribution < 1.29 is 19.0 Å². The molecule has 0 radical (unpaired) electrons. The Morgan fingerprint density at radius 2 is 1.83 bits per heavy atom. The predicted octanol–water partition coefficient (Wildman–Crippen LogP) is 3.56. The van der Waals surface area contributed by atoms with Gasteiger partial charge in [-0.15, -0.1) is 0 Å². The maximum absolute atomic E-state index is 13.4. The molecule has 0 bridgehead atoms. The van der Waals surface area contributed by atoms with E-state index in [1.807, 2.05) is 0 Å². The molecule has 24 heavy (non-hydrogen) atoms. The van der Waals surface area contributed by atoms with Crippen LogP contribution in [0.25, 0.3) is 0 Å². The molecule has 0 N–H and O–H groups in total. The van der Waals surface area contributed by atoms with Crippen molar-refractivity contribution >= 4 is 17.7 Å². The van der Waals surface area contributed by atoms with Crippen molar-refractivity contribution in [3.8, 4) is 0 Å². The van der Waals surface area contributed by atoms with Gasteiger partial charge in [0, 0.05) is 18.1 Å². The second-order valence-corrected chi connectivity index (χ2v) is 5.19. The minimum atomic E-state index is -0.716. The van der Waals surface area contributed by atoms with Gasteiger partial charge in [-0.1, -0.05) is 12.1 Å². The highest BCUT2D eigenvalue weighted by molar-refractivity contribution is 5.54. The average molecular weight is 332 g/mol. The van der Waals surface area contributed by atoms with Crippen LogP contribution < -0.4 is 0 Å². The molecule has 0 heterocycles. The molecule has 2 aromatic carbocycles. The van der Waals surface area contributed by atoms with Crippen LogP contribution in [0.1, 0.15) is 23.5 Å². The van der Waals surface area contributed by atoms with Gasteiger partial charge in [0.2, 0.25) is 0 Å². The van der Waals surface area contributed by atoms with E-state index in [-0.39, 0.29) is 24.1 Å². The van der Waals surface area contributed by atoms with Gasteiger partial charge in [0.05, 0.1) is 15.9 Å². The third-order valence-electron chi connectivity index (χ3n) is 3.64. The van der Waals surface area contributed by atoms with E-state index in [1.54, 1.807) is 6.07 Å². The van der Waals surface area contributed by atoms with E-state index in [2.05, 4.69) is 0 Å². The van der Waals surface area contributed by atoms with Crippen LogP contribution in [0, 0.1) is 26.0 Å². The molecule has 0 spiro atoms. The van der Waals surface area contributed by atoms with E-state index in [1.165, 1.54) is 30.3 Å². The summed E-state index contributed by atoms with van der Waals surface area (Å²) >= 11 is 0. The second kappa shape index (κ2) is 7.40. The van der Waals surface area contributed by atoms with Crippen molar-refractivity contribution in [3.05, 3.63) is 79.6 Å². The quantitative estimate of drug-likeness (QED) is 0.438. The minimum absolute atomic E-state index is 0.0532. The molecule has 0 saturated carbocycles. The number of nitrogens with zero attached hydrogens (tertiary/aromatic N) is 2. The lowest BCUT2D eigenvalue weighted by Crippen LogP contribution is -2.07. The minimum Gasteiger partial charge on any atom is -0.303 e. The van der Waals surface area contributed by atoms with Gasteiger partial charge in [-0.2, -0.15) is 0 Å². The Morgan fingerprint density at radius 3 is 2.42 bits per heavy atom. The molecule has 8 heteroatoms. The highest BCUT2D eigenvalue weighted by Gasteiger charge is 2.23. The Kier molecular flexibility index (Phi) is 5.31. The molecule has 0 fully saturated rings. The van der Waals surface area contributed by atoms with Crippen molar-refractivity contribution in [2.45, 2.75) is 18.8 Å². The lowest BCUT2D eigenvalue weighted by atomic mass is 9.89. The molecule has 0 unspecified atom stereocenters. The van der Waals surface area contributed by atoms with Gasteiger partial charge < -0.3 is 4.79 Å². The standard InChI is InChI=1S/C16H13FN2O5/c17-14-3-1-2-11(9-14)12(6-7-20)8-13-4-5-15(18(21)22)10-16(13)19(23)24/h1-5,7,9-10,12H,6,8H2/t12-/m1/s1. The fraction of sp³-hybridized carbons (Fsp3) is 0.188. The molecule has 0 amide bonds. The van der Waals surface area contributed by atoms with Crippen LogP contribution in [0.3, 0.4) is 0 Å². The lowest BCUT2D eigenvalue weighted by molar-refractivity contribution is -0.394. The first kappa shape index (κ1) is 17.2. The van der Waals surface area contributed by atoms with Crippen LogP contribution in [-0.2, 0) is 11.2 Å². The number of nitro benzene ring substituents is 2. The number of benzene rings is 2. The van der Waals surface area contributed by atoms with Gasteiger partial charge >= 0.3 is 0 Å². The lowest BCUT2D eigenvalue weighted by Gasteiger charge is -2.15. The van der Waals surface area contributed by atoms with Crippen molar-refractivity contribution in [1.29, 1.82) is 0 Å². The van der Waals surface area contributed by atoms with Crippen molar-refractivity contribution in [3.63, 3.8) is 0 Å². The zero-order valence-electron chi connectivity index (χ0n) is 12.4. The van der Waals surface area contributed by atoms with E-state index in [9.17, 15) is 29.4 Å². The summed E-state index contributed by atoms with van der Waals surface area (Å²) < 4.78 is 13.4. The number of rotatable bonds is 7. The van der Waals surface area contributed by atoms with Gasteiger partial charge in [0.15, 0.2) is 0 Å². The summed E-state index contributed by atoms with van der Waals surface area (Å²) in [5, 5.41) is 21.9. The molecular weight excluding hydrogens is 319 g/mol. The fourth-order valence-corrected chi connectivity index (χ4v) is 2.49. The van der Waals surface area contributed by atoms with Gasteiger partial charge in [-0.25, -0.2) is 4.39 Å². The van der Waals surface area contributed by atoms with Crippen LogP contribution in [0.15, 0.2) is 42.5 Å². The molecule has 0 aliphatic carbocycles. The Morgan fingerprint density at radius 1 is 1.08 bits per heavy atom. The first-order valence-electron chi connectivity index (χ1n) is 7.03. The van der Waals surface area contributed by atoms with E-state index in [4.69, 9.17) is 0 Å². The second-order valence-electron chi connectivity index (χ2n) is 5.19. The third kappa shape index (κ3) is 3.97. The summed E-state index contributed by atoms with van der Waals surface area (Å²) in [7, 11) is 0. The number of carbonyl (C=O) groups excluding carboxylic acids is 1. The summed E-state index contributed by atoms with van der Waals surface area (Å²) in [6.07, 6.45) is 0.806. The molecule has 124 valence electrons. The topological polar surface area (TPSA) is 103 Å². The molecule has 1 atom stereocenters. The Bertz CT molecular complexity index is 794. The van der Waals surface area contributed by atoms with Crippen LogP contribution in [-0.4, -0.2) is 16.1 Å². The molecule has 2 aromatic rings. The van der Waals surface area contributed by atoms with Gasteiger partial charge in [0.1, 0.15) is 12.1 Å². The number of halogens is 1. The van der Waals surface area contributed by atoms with Crippen LogP contribution in [0.5, 0.6) is 0 Å². The summed E-state index contributed by atoms with van der Waals surface area (Å²) in [5.41, 5.74) is 0.0103. The number of hydrogen-bond donors (Lipinski definition) is 0. The molecule has 0 saturated heterocycles. The monoisotopic (exact) mass is 332 g/mol. The molecule has 0 aliphatic rings. The predicted molar refractivity (Wildman–Crippen MR) is 83.3 cm³/mol. The Labute approximate surface area is 136 Å². The molecule has 0 aliphatic heterocycles. The molecule has 0 aromatic heterocycles. The van der Waals surface area contributed by atoms with E-state index >= 15 is 0 Å². The smallest absolute Gasteiger partial charge is 0.279 e. The van der Waals surface area contributed by atoms with E-state index in [0.29, 0.717) is 11.8 Å². The van der Waals surface area contributed by atoms with Crippen molar-refractivity contribution in [1.82, 2.24) is 0 Å². The number of hydrogen-bond acceptors (Lipinski definition) is 5. The van der Waals surface area contributed by atoms with Crippen LogP contribution in [0.4, 0.5) is 15.8 Å². The SMILES string of the molecule is O=CC[C@H](Cc1ccc([N+](=O)[O-])cc1[N+](=O)[O-])c1cccc(F)c1. The molecule has 2 rings (SSSR count). The van der Waals surface area contributed by atoms with Gasteiger partial charge in [-0.05, 0) is 36.1 Å². The summed E-state index contributed by atoms with van der Waals surface area (Å²) in [5.74, 6) is -0.931. The zero-order chi connectivity index (χ0) is 17.7. The first-order valence-corrected chi connectivity index (χ1v) is 7.03. The van der Waals surface area contributed by atoms with E-state index < -0.39 is 27.3 Å². The number of nitro groups is 2. The fourth-order valence-electron chi connectivity index (χ4n) is 2.49. The number of non-ortho nitro benzene ring substituents is 1. The average Bonchev–Trinajstić information content (AvgIpc) is 2.54. The Hall–Kier alpha value is -3.16. The van der Waals surface area contributed by atoms with Crippen molar-refractivity contribution in [2.24, 2.45) is 0 Å². The maximum Gasteiger partial charge on any atom is 0.279 e. The Balaban J connectivity index is 2.40. The molecular formula is C16H13FN2O5. The van der Waals surface area contributed by atoms with Crippen LogP contribution >= 0.6 is 0 Å². The zero-order valence-corrected chi connectivity index (χ0v) is 12.4.